The first-order valence-corrected chi connectivity index (χ1v) is 6.77. The van der Waals surface area contributed by atoms with E-state index in [9.17, 15) is 13.2 Å². The van der Waals surface area contributed by atoms with Gasteiger partial charge in [0.2, 0.25) is 0 Å². The second-order valence-corrected chi connectivity index (χ2v) is 4.93. The summed E-state index contributed by atoms with van der Waals surface area (Å²) in [6.07, 6.45) is -3.15. The number of halogens is 3. The molecule has 1 N–H and O–H groups in total. The molecule has 0 radical (unpaired) electrons. The van der Waals surface area contributed by atoms with Crippen molar-refractivity contribution in [3.05, 3.63) is 59.9 Å². The van der Waals surface area contributed by atoms with E-state index in [0.29, 0.717) is 5.56 Å². The molecule has 0 saturated heterocycles. The summed E-state index contributed by atoms with van der Waals surface area (Å²) < 4.78 is 36.5. The highest BCUT2D eigenvalue weighted by Crippen LogP contribution is 2.23. The lowest BCUT2D eigenvalue weighted by Crippen LogP contribution is -2.09. The predicted molar refractivity (Wildman–Crippen MR) is 77.1 cm³/mol. The van der Waals surface area contributed by atoms with Crippen LogP contribution < -0.4 is 5.32 Å². The summed E-state index contributed by atoms with van der Waals surface area (Å²) in [5.74, 6) is 0. The van der Waals surface area contributed by atoms with Crippen molar-refractivity contribution in [3.8, 4) is 0 Å². The van der Waals surface area contributed by atoms with Crippen LogP contribution in [0.2, 0.25) is 0 Å². The molecule has 0 unspecified atom stereocenters. The van der Waals surface area contributed by atoms with Gasteiger partial charge in [0.1, 0.15) is 0 Å². The zero-order chi connectivity index (χ0) is 15.3. The molecule has 1 aromatic carbocycles. The maximum absolute atomic E-state index is 12.2. The lowest BCUT2D eigenvalue weighted by Gasteiger charge is -2.15. The van der Waals surface area contributed by atoms with Gasteiger partial charge in [0.05, 0.1) is 11.7 Å². The average Bonchev–Trinajstić information content (AvgIpc) is 2.46. The molecule has 0 aliphatic carbocycles. The first-order chi connectivity index (χ1) is 9.94. The predicted octanol–water partition coefficient (Wildman–Crippen LogP) is 4.75. The fourth-order valence-electron chi connectivity index (χ4n) is 2.01. The summed E-state index contributed by atoms with van der Waals surface area (Å²) in [4.78, 5) is 4.26. The highest BCUT2D eigenvalue weighted by atomic mass is 19.4. The molecule has 0 spiro atoms. The van der Waals surface area contributed by atoms with Crippen LogP contribution in [0, 0.1) is 0 Å². The molecule has 0 aliphatic rings. The highest BCUT2D eigenvalue weighted by molar-refractivity contribution is 5.46. The van der Waals surface area contributed by atoms with Crippen LogP contribution in [0.3, 0.4) is 0 Å². The molecule has 21 heavy (non-hydrogen) atoms. The van der Waals surface area contributed by atoms with Crippen molar-refractivity contribution >= 4 is 5.69 Å². The summed E-state index contributed by atoms with van der Waals surface area (Å²) in [7, 11) is 0. The van der Waals surface area contributed by atoms with Gasteiger partial charge in [-0.2, -0.15) is 13.2 Å². The van der Waals surface area contributed by atoms with Gasteiger partial charge in [-0.1, -0.05) is 18.2 Å². The van der Waals surface area contributed by atoms with E-state index in [1.807, 2.05) is 25.1 Å². The average molecular weight is 294 g/mol. The molecular formula is C16H17F3N2. The lowest BCUT2D eigenvalue weighted by atomic mass is 10.1. The fourth-order valence-corrected chi connectivity index (χ4v) is 2.01. The van der Waals surface area contributed by atoms with Gasteiger partial charge < -0.3 is 5.32 Å². The molecule has 2 rings (SSSR count). The quantitative estimate of drug-likeness (QED) is 0.860. The van der Waals surface area contributed by atoms with E-state index in [1.165, 1.54) is 0 Å². The Morgan fingerprint density at radius 2 is 1.81 bits per heavy atom. The van der Waals surface area contributed by atoms with Crippen molar-refractivity contribution in [2.24, 2.45) is 0 Å². The molecule has 0 amide bonds. The molecule has 2 nitrogen and oxygen atoms in total. The second kappa shape index (κ2) is 6.61. The summed E-state index contributed by atoms with van der Waals surface area (Å²) in [5.41, 5.74) is 2.46. The Morgan fingerprint density at radius 3 is 2.38 bits per heavy atom. The fraction of sp³-hybridized carbons (Fsp3) is 0.312. The minimum atomic E-state index is -4.11. The Bertz CT molecular complexity index is 550. The number of aryl methyl sites for hydroxylation is 1. The number of hydrogen-bond acceptors (Lipinski definition) is 2. The summed E-state index contributed by atoms with van der Waals surface area (Å²) in [6.45, 7) is 1.99. The van der Waals surface area contributed by atoms with Crippen LogP contribution >= 0.6 is 0 Å². The lowest BCUT2D eigenvalue weighted by molar-refractivity contribution is -0.133. The van der Waals surface area contributed by atoms with E-state index in [1.54, 1.807) is 30.5 Å². The largest absolute Gasteiger partial charge is 0.389 e. The van der Waals surface area contributed by atoms with Crippen LogP contribution in [0.15, 0.2) is 48.7 Å². The van der Waals surface area contributed by atoms with E-state index in [-0.39, 0.29) is 12.5 Å². The zero-order valence-corrected chi connectivity index (χ0v) is 11.7. The number of anilines is 1. The summed E-state index contributed by atoms with van der Waals surface area (Å²) >= 11 is 0. The first-order valence-electron chi connectivity index (χ1n) is 6.77. The number of benzene rings is 1. The van der Waals surface area contributed by atoms with Gasteiger partial charge >= 0.3 is 6.18 Å². The molecule has 0 fully saturated rings. The van der Waals surface area contributed by atoms with E-state index < -0.39 is 12.6 Å². The summed E-state index contributed by atoms with van der Waals surface area (Å²) in [5, 5.41) is 3.27. The van der Waals surface area contributed by atoms with Crippen molar-refractivity contribution in [1.29, 1.82) is 0 Å². The molecule has 5 heteroatoms. The van der Waals surface area contributed by atoms with Crippen molar-refractivity contribution < 1.29 is 13.2 Å². The van der Waals surface area contributed by atoms with Gasteiger partial charge in [0.25, 0.3) is 0 Å². The summed E-state index contributed by atoms with van der Waals surface area (Å²) in [6, 6.07) is 12.8. The highest BCUT2D eigenvalue weighted by Gasteiger charge is 2.26. The smallest absolute Gasteiger partial charge is 0.377 e. The number of alkyl halides is 3. The van der Waals surface area contributed by atoms with Crippen LogP contribution in [0.25, 0.3) is 0 Å². The number of aromatic nitrogens is 1. The maximum atomic E-state index is 12.2. The Labute approximate surface area is 122 Å². The molecule has 0 saturated carbocycles. The molecule has 0 aliphatic heterocycles. The molecule has 112 valence electrons. The Kier molecular flexibility index (Phi) is 4.83. The topological polar surface area (TPSA) is 24.9 Å². The van der Waals surface area contributed by atoms with Gasteiger partial charge in [0.15, 0.2) is 0 Å². The van der Waals surface area contributed by atoms with Crippen molar-refractivity contribution in [2.45, 2.75) is 32.0 Å². The number of nitrogens with one attached hydrogen (secondary N) is 1. The minimum Gasteiger partial charge on any atom is -0.377 e. The standard InChI is InChI=1S/C16H17F3N2/c1-12(15-4-2-3-11-20-15)21-14-7-5-13(6-8-14)9-10-16(17,18)19/h2-8,11-12,21H,9-10H2,1H3/t12-/m1/s1. The third-order valence-corrected chi connectivity index (χ3v) is 3.17. The van der Waals surface area contributed by atoms with Crippen LogP contribution in [0.1, 0.15) is 30.6 Å². The zero-order valence-electron chi connectivity index (χ0n) is 11.7. The normalized spacial score (nSPS) is 13.0. The molecule has 1 atom stereocenters. The molecule has 1 aromatic heterocycles. The molecule has 0 bridgehead atoms. The molecular weight excluding hydrogens is 277 g/mol. The number of rotatable bonds is 5. The van der Waals surface area contributed by atoms with Gasteiger partial charge in [-0.25, -0.2) is 0 Å². The van der Waals surface area contributed by atoms with Gasteiger partial charge in [-0.15, -0.1) is 0 Å². The Hall–Kier alpha value is -2.04. The monoisotopic (exact) mass is 294 g/mol. The van der Waals surface area contributed by atoms with Gasteiger partial charge in [0, 0.05) is 18.3 Å². The van der Waals surface area contributed by atoms with Crippen LogP contribution in [0.5, 0.6) is 0 Å². The number of hydrogen-bond donors (Lipinski definition) is 1. The van der Waals surface area contributed by atoms with Crippen LogP contribution in [0.4, 0.5) is 18.9 Å². The number of pyridine rings is 1. The minimum absolute atomic E-state index is 0.0135. The van der Waals surface area contributed by atoms with E-state index in [0.717, 1.165) is 11.4 Å². The van der Waals surface area contributed by atoms with E-state index in [4.69, 9.17) is 0 Å². The molecule has 2 aromatic rings. The second-order valence-electron chi connectivity index (χ2n) is 4.93. The van der Waals surface area contributed by atoms with Crippen molar-refractivity contribution in [3.63, 3.8) is 0 Å². The van der Waals surface area contributed by atoms with Crippen LogP contribution in [-0.2, 0) is 6.42 Å². The SMILES string of the molecule is C[C@@H](Nc1ccc(CCC(F)(F)F)cc1)c1ccccn1. The first kappa shape index (κ1) is 15.4. The Morgan fingerprint density at radius 1 is 1.10 bits per heavy atom. The third-order valence-electron chi connectivity index (χ3n) is 3.17. The van der Waals surface area contributed by atoms with Crippen LogP contribution in [-0.4, -0.2) is 11.2 Å². The van der Waals surface area contributed by atoms with Gasteiger partial charge in [-0.3, -0.25) is 4.98 Å². The molecule has 1 heterocycles. The third kappa shape index (κ3) is 5.10. The van der Waals surface area contributed by atoms with Crippen molar-refractivity contribution in [1.82, 2.24) is 4.98 Å². The van der Waals surface area contributed by atoms with E-state index in [2.05, 4.69) is 10.3 Å². The van der Waals surface area contributed by atoms with Gasteiger partial charge in [-0.05, 0) is 43.2 Å². The van der Waals surface area contributed by atoms with E-state index >= 15 is 0 Å². The van der Waals surface area contributed by atoms with Crippen molar-refractivity contribution in [2.75, 3.05) is 5.32 Å². The maximum Gasteiger partial charge on any atom is 0.389 e. The Balaban J connectivity index is 1.93. The number of nitrogens with zero attached hydrogens (tertiary/aromatic N) is 1.